The number of carbonyl (C=O) groups is 1. The second kappa shape index (κ2) is 7.59. The van der Waals surface area contributed by atoms with Crippen molar-refractivity contribution in [1.82, 2.24) is 14.7 Å². The molecule has 2 rings (SSSR count). The van der Waals surface area contributed by atoms with Crippen LogP contribution < -0.4 is 5.32 Å². The minimum Gasteiger partial charge on any atom is -0.389 e. The highest BCUT2D eigenvalue weighted by molar-refractivity contribution is 5.91. The van der Waals surface area contributed by atoms with Crippen LogP contribution in [0.1, 0.15) is 25.0 Å². The maximum absolute atomic E-state index is 12.2. The summed E-state index contributed by atoms with van der Waals surface area (Å²) < 4.78 is 1.77. The van der Waals surface area contributed by atoms with Gasteiger partial charge in [-0.25, -0.2) is 4.68 Å². The zero-order valence-electron chi connectivity index (χ0n) is 14.8. The standard InChI is InChI=1S/C18H26N4O2/c1-14-6-5-7-15(10-14)11-22-16(8-9-19-22)20-17(23)12-21(4)13-18(2,3)24/h5-10,24H,11-13H2,1-4H3,(H,20,23). The summed E-state index contributed by atoms with van der Waals surface area (Å²) in [6.07, 6.45) is 1.67. The third kappa shape index (κ3) is 5.79. The van der Waals surface area contributed by atoms with Crippen LogP contribution in [-0.2, 0) is 11.3 Å². The van der Waals surface area contributed by atoms with Gasteiger partial charge in [0.05, 0.1) is 24.9 Å². The maximum atomic E-state index is 12.2. The fourth-order valence-corrected chi connectivity index (χ4v) is 2.69. The van der Waals surface area contributed by atoms with Gasteiger partial charge in [-0.2, -0.15) is 5.10 Å². The van der Waals surface area contributed by atoms with Gasteiger partial charge < -0.3 is 10.4 Å². The molecule has 0 unspecified atom stereocenters. The molecule has 0 fully saturated rings. The van der Waals surface area contributed by atoms with Crippen molar-refractivity contribution in [3.05, 3.63) is 47.7 Å². The first-order valence-electron chi connectivity index (χ1n) is 8.01. The average molecular weight is 330 g/mol. The predicted molar refractivity (Wildman–Crippen MR) is 94.9 cm³/mol. The number of carbonyl (C=O) groups excluding carboxylic acids is 1. The van der Waals surface area contributed by atoms with Crippen molar-refractivity contribution in [2.24, 2.45) is 0 Å². The Morgan fingerprint density at radius 1 is 1.38 bits per heavy atom. The fraction of sp³-hybridized carbons (Fsp3) is 0.444. The molecule has 24 heavy (non-hydrogen) atoms. The Balaban J connectivity index is 1.96. The molecule has 1 aromatic carbocycles. The van der Waals surface area contributed by atoms with Gasteiger partial charge in [-0.3, -0.25) is 9.69 Å². The molecule has 0 saturated heterocycles. The number of rotatable bonds is 7. The summed E-state index contributed by atoms with van der Waals surface area (Å²) in [5.74, 6) is 0.533. The van der Waals surface area contributed by atoms with Gasteiger partial charge in [0.15, 0.2) is 0 Å². The quantitative estimate of drug-likeness (QED) is 0.813. The van der Waals surface area contributed by atoms with Gasteiger partial charge in [0.25, 0.3) is 0 Å². The molecule has 6 nitrogen and oxygen atoms in total. The highest BCUT2D eigenvalue weighted by Gasteiger charge is 2.18. The van der Waals surface area contributed by atoms with Crippen molar-refractivity contribution in [2.45, 2.75) is 32.9 Å². The molecule has 1 heterocycles. The number of hydrogen-bond donors (Lipinski definition) is 2. The third-order valence-corrected chi connectivity index (χ3v) is 3.47. The van der Waals surface area contributed by atoms with Gasteiger partial charge in [0.2, 0.25) is 5.91 Å². The van der Waals surface area contributed by atoms with Crippen LogP contribution in [0, 0.1) is 6.92 Å². The first-order chi connectivity index (χ1) is 11.2. The second-order valence-corrected chi connectivity index (χ2v) is 6.90. The first kappa shape index (κ1) is 18.2. The van der Waals surface area contributed by atoms with E-state index in [1.807, 2.05) is 32.2 Å². The van der Waals surface area contributed by atoms with E-state index in [4.69, 9.17) is 0 Å². The van der Waals surface area contributed by atoms with Gasteiger partial charge in [-0.1, -0.05) is 29.8 Å². The summed E-state index contributed by atoms with van der Waals surface area (Å²) in [6, 6.07) is 9.98. The molecule has 0 bridgehead atoms. The lowest BCUT2D eigenvalue weighted by atomic mass is 10.1. The van der Waals surface area contributed by atoms with Crippen LogP contribution in [0.5, 0.6) is 0 Å². The molecule has 2 aromatic rings. The number of benzene rings is 1. The highest BCUT2D eigenvalue weighted by Crippen LogP contribution is 2.12. The van der Waals surface area contributed by atoms with E-state index in [1.54, 1.807) is 35.7 Å². The van der Waals surface area contributed by atoms with E-state index >= 15 is 0 Å². The molecule has 6 heteroatoms. The molecule has 0 radical (unpaired) electrons. The summed E-state index contributed by atoms with van der Waals surface area (Å²) >= 11 is 0. The van der Waals surface area contributed by atoms with E-state index < -0.39 is 5.60 Å². The zero-order chi connectivity index (χ0) is 17.7. The van der Waals surface area contributed by atoms with Crippen molar-refractivity contribution in [2.75, 3.05) is 25.5 Å². The Bertz CT molecular complexity index is 688. The largest absolute Gasteiger partial charge is 0.389 e. The number of likely N-dealkylation sites (N-methyl/N-ethyl adjacent to an activating group) is 1. The van der Waals surface area contributed by atoms with E-state index in [2.05, 4.69) is 16.5 Å². The van der Waals surface area contributed by atoms with E-state index in [1.165, 1.54) is 5.56 Å². The van der Waals surface area contributed by atoms with Crippen molar-refractivity contribution < 1.29 is 9.90 Å². The molecule has 0 saturated carbocycles. The van der Waals surface area contributed by atoms with Gasteiger partial charge in [-0.05, 0) is 33.4 Å². The third-order valence-electron chi connectivity index (χ3n) is 3.47. The van der Waals surface area contributed by atoms with Crippen molar-refractivity contribution in [3.63, 3.8) is 0 Å². The summed E-state index contributed by atoms with van der Waals surface area (Å²) in [4.78, 5) is 14.0. The molecule has 0 aliphatic rings. The van der Waals surface area contributed by atoms with Crippen LogP contribution in [0.4, 0.5) is 5.82 Å². The number of nitrogens with zero attached hydrogens (tertiary/aromatic N) is 3. The second-order valence-electron chi connectivity index (χ2n) is 6.90. The number of hydrogen-bond acceptors (Lipinski definition) is 4. The lowest BCUT2D eigenvalue weighted by Crippen LogP contribution is -2.40. The summed E-state index contributed by atoms with van der Waals surface area (Å²) in [5, 5.41) is 17.0. The molecular formula is C18H26N4O2. The Kier molecular flexibility index (Phi) is 5.75. The van der Waals surface area contributed by atoms with Crippen LogP contribution in [0.15, 0.2) is 36.5 Å². The molecule has 1 aromatic heterocycles. The van der Waals surface area contributed by atoms with Gasteiger partial charge >= 0.3 is 0 Å². The van der Waals surface area contributed by atoms with E-state index in [0.717, 1.165) is 5.56 Å². The van der Waals surface area contributed by atoms with Crippen molar-refractivity contribution in [3.8, 4) is 0 Å². The molecular weight excluding hydrogens is 304 g/mol. The van der Waals surface area contributed by atoms with E-state index in [0.29, 0.717) is 18.9 Å². The monoisotopic (exact) mass is 330 g/mol. The van der Waals surface area contributed by atoms with Crippen molar-refractivity contribution in [1.29, 1.82) is 0 Å². The lowest BCUT2D eigenvalue weighted by Gasteiger charge is -2.24. The van der Waals surface area contributed by atoms with Gasteiger partial charge in [0, 0.05) is 12.6 Å². The number of aromatic nitrogens is 2. The van der Waals surface area contributed by atoms with Gasteiger partial charge in [0.1, 0.15) is 5.82 Å². The summed E-state index contributed by atoms with van der Waals surface area (Å²) in [6.45, 7) is 6.72. The Labute approximate surface area is 143 Å². The van der Waals surface area contributed by atoms with Crippen LogP contribution >= 0.6 is 0 Å². The number of aliphatic hydroxyl groups is 1. The Hall–Kier alpha value is -2.18. The molecule has 0 spiro atoms. The summed E-state index contributed by atoms with van der Waals surface area (Å²) in [5.41, 5.74) is 1.49. The zero-order valence-corrected chi connectivity index (χ0v) is 14.8. The van der Waals surface area contributed by atoms with E-state index in [9.17, 15) is 9.90 Å². The maximum Gasteiger partial charge on any atom is 0.239 e. The van der Waals surface area contributed by atoms with Crippen LogP contribution in [0.25, 0.3) is 0 Å². The van der Waals surface area contributed by atoms with Crippen molar-refractivity contribution >= 4 is 11.7 Å². The lowest BCUT2D eigenvalue weighted by molar-refractivity contribution is -0.117. The normalized spacial score (nSPS) is 11.8. The number of anilines is 1. The fourth-order valence-electron chi connectivity index (χ4n) is 2.69. The molecule has 0 aliphatic carbocycles. The van der Waals surface area contributed by atoms with Crippen LogP contribution in [0.2, 0.25) is 0 Å². The number of aryl methyl sites for hydroxylation is 1. The van der Waals surface area contributed by atoms with Crippen LogP contribution in [-0.4, -0.2) is 51.4 Å². The Morgan fingerprint density at radius 2 is 2.12 bits per heavy atom. The molecule has 1 amide bonds. The molecule has 2 N–H and O–H groups in total. The van der Waals surface area contributed by atoms with E-state index in [-0.39, 0.29) is 12.5 Å². The molecule has 0 atom stereocenters. The minimum absolute atomic E-state index is 0.132. The number of amides is 1. The number of nitrogens with one attached hydrogen (secondary N) is 1. The predicted octanol–water partition coefficient (Wildman–Crippen LogP) is 1.88. The van der Waals surface area contributed by atoms with Gasteiger partial charge in [-0.15, -0.1) is 0 Å². The summed E-state index contributed by atoms with van der Waals surface area (Å²) in [7, 11) is 1.81. The molecule has 130 valence electrons. The SMILES string of the molecule is Cc1cccc(Cn2nccc2NC(=O)CN(C)CC(C)(C)O)c1. The minimum atomic E-state index is -0.831. The topological polar surface area (TPSA) is 70.4 Å². The highest BCUT2D eigenvalue weighted by atomic mass is 16.3. The van der Waals surface area contributed by atoms with Crippen LogP contribution in [0.3, 0.4) is 0 Å². The Morgan fingerprint density at radius 3 is 2.79 bits per heavy atom. The molecule has 0 aliphatic heterocycles. The first-order valence-corrected chi connectivity index (χ1v) is 8.01. The smallest absolute Gasteiger partial charge is 0.239 e. The average Bonchev–Trinajstić information content (AvgIpc) is 2.83.